The Morgan fingerprint density at radius 3 is 2.71 bits per heavy atom. The molecule has 1 atom stereocenters. The van der Waals surface area contributed by atoms with Gasteiger partial charge in [-0.1, -0.05) is 18.2 Å². The molecule has 0 N–H and O–H groups in total. The third kappa shape index (κ3) is 2.33. The van der Waals surface area contributed by atoms with Crippen molar-refractivity contribution in [2.24, 2.45) is 0 Å². The zero-order chi connectivity index (χ0) is 10.4. The van der Waals surface area contributed by atoms with E-state index in [9.17, 15) is 4.79 Å². The summed E-state index contributed by atoms with van der Waals surface area (Å²) >= 11 is 0. The van der Waals surface area contributed by atoms with E-state index in [1.54, 1.807) is 7.11 Å². The lowest BCUT2D eigenvalue weighted by Gasteiger charge is -2.13. The quantitative estimate of drug-likeness (QED) is 0.672. The molecule has 3 nitrogen and oxygen atoms in total. The summed E-state index contributed by atoms with van der Waals surface area (Å²) in [6.45, 7) is 2.35. The lowest BCUT2D eigenvalue weighted by molar-refractivity contribution is -0.118. The summed E-state index contributed by atoms with van der Waals surface area (Å²) in [5.74, 6) is 0.679. The van der Waals surface area contributed by atoms with E-state index in [0.717, 1.165) is 11.8 Å². The van der Waals surface area contributed by atoms with E-state index < -0.39 is 6.10 Å². The molecule has 0 amide bonds. The fraction of sp³-hybridized carbons (Fsp3) is 0.364. The van der Waals surface area contributed by atoms with Gasteiger partial charge in [-0.05, 0) is 13.0 Å². The minimum Gasteiger partial charge on any atom is -0.496 e. The molecule has 0 saturated carbocycles. The number of carbonyl (C=O) groups is 1. The third-order valence-corrected chi connectivity index (χ3v) is 1.92. The summed E-state index contributed by atoms with van der Waals surface area (Å²) in [6, 6.07) is 7.35. The minimum absolute atomic E-state index is 0.501. The third-order valence-electron chi connectivity index (χ3n) is 1.92. The van der Waals surface area contributed by atoms with Gasteiger partial charge in [0.2, 0.25) is 0 Å². The van der Waals surface area contributed by atoms with E-state index in [2.05, 4.69) is 0 Å². The van der Waals surface area contributed by atoms with Gasteiger partial charge in [-0.2, -0.15) is 0 Å². The SMILES string of the molecule is CCOC(C=O)c1ccccc1OC. The van der Waals surface area contributed by atoms with Crippen LogP contribution in [-0.2, 0) is 9.53 Å². The maximum atomic E-state index is 10.8. The Hall–Kier alpha value is -1.35. The predicted molar refractivity (Wildman–Crippen MR) is 53.4 cm³/mol. The highest BCUT2D eigenvalue weighted by Gasteiger charge is 2.14. The lowest BCUT2D eigenvalue weighted by Crippen LogP contribution is -2.07. The first-order valence-corrected chi connectivity index (χ1v) is 4.53. The number of benzene rings is 1. The molecule has 1 aromatic rings. The Balaban J connectivity index is 2.95. The van der Waals surface area contributed by atoms with Crippen LogP contribution in [0.5, 0.6) is 5.75 Å². The lowest BCUT2D eigenvalue weighted by atomic mass is 10.1. The molecule has 0 saturated heterocycles. The summed E-state index contributed by atoms with van der Waals surface area (Å²) < 4.78 is 10.4. The number of aldehydes is 1. The van der Waals surface area contributed by atoms with Crippen molar-refractivity contribution >= 4 is 6.29 Å². The molecule has 0 heterocycles. The maximum absolute atomic E-state index is 10.8. The van der Waals surface area contributed by atoms with Crippen LogP contribution >= 0.6 is 0 Å². The van der Waals surface area contributed by atoms with Crippen LogP contribution in [0.4, 0.5) is 0 Å². The van der Waals surface area contributed by atoms with E-state index in [1.165, 1.54) is 0 Å². The molecule has 3 heteroatoms. The van der Waals surface area contributed by atoms with Gasteiger partial charge in [0.05, 0.1) is 7.11 Å². The van der Waals surface area contributed by atoms with Crippen molar-refractivity contribution in [3.8, 4) is 5.75 Å². The predicted octanol–water partition coefficient (Wildman–Crippen LogP) is 1.97. The Bertz CT molecular complexity index is 296. The molecular weight excluding hydrogens is 180 g/mol. The highest BCUT2D eigenvalue weighted by atomic mass is 16.5. The second kappa shape index (κ2) is 5.40. The summed E-state index contributed by atoms with van der Waals surface area (Å²) in [5, 5.41) is 0. The Morgan fingerprint density at radius 2 is 2.14 bits per heavy atom. The fourth-order valence-electron chi connectivity index (χ4n) is 1.28. The molecule has 0 aliphatic rings. The number of ether oxygens (including phenoxy) is 2. The molecule has 0 bridgehead atoms. The monoisotopic (exact) mass is 194 g/mol. The smallest absolute Gasteiger partial charge is 0.153 e. The molecule has 0 fully saturated rings. The van der Waals surface area contributed by atoms with Gasteiger partial charge in [0, 0.05) is 12.2 Å². The standard InChI is InChI=1S/C11H14O3/c1-3-14-11(8-12)9-6-4-5-7-10(9)13-2/h4-8,11H,3H2,1-2H3. The topological polar surface area (TPSA) is 35.5 Å². The molecule has 0 aromatic heterocycles. The van der Waals surface area contributed by atoms with Gasteiger partial charge in [0.25, 0.3) is 0 Å². The first-order valence-electron chi connectivity index (χ1n) is 4.53. The number of methoxy groups -OCH3 is 1. The van der Waals surface area contributed by atoms with Crippen LogP contribution in [0.2, 0.25) is 0 Å². The molecule has 1 unspecified atom stereocenters. The van der Waals surface area contributed by atoms with Crippen molar-refractivity contribution in [2.75, 3.05) is 13.7 Å². The second-order valence-corrected chi connectivity index (χ2v) is 2.75. The van der Waals surface area contributed by atoms with Gasteiger partial charge in [-0.25, -0.2) is 0 Å². The van der Waals surface area contributed by atoms with Crippen molar-refractivity contribution in [1.82, 2.24) is 0 Å². The van der Waals surface area contributed by atoms with Gasteiger partial charge in [-0.3, -0.25) is 0 Å². The number of carbonyl (C=O) groups excluding carboxylic acids is 1. The first-order chi connectivity index (χ1) is 6.83. The van der Waals surface area contributed by atoms with Crippen LogP contribution in [0.3, 0.4) is 0 Å². The second-order valence-electron chi connectivity index (χ2n) is 2.75. The average Bonchev–Trinajstić information content (AvgIpc) is 2.26. The number of rotatable bonds is 5. The van der Waals surface area contributed by atoms with Crippen LogP contribution in [-0.4, -0.2) is 20.0 Å². The normalized spacial score (nSPS) is 12.1. The highest BCUT2D eigenvalue weighted by Crippen LogP contribution is 2.25. The van der Waals surface area contributed by atoms with E-state index in [-0.39, 0.29) is 0 Å². The van der Waals surface area contributed by atoms with Gasteiger partial charge in [-0.15, -0.1) is 0 Å². The van der Waals surface area contributed by atoms with Crippen molar-refractivity contribution in [3.63, 3.8) is 0 Å². The molecule has 0 aliphatic heterocycles. The van der Waals surface area contributed by atoms with Crippen molar-refractivity contribution in [2.45, 2.75) is 13.0 Å². The summed E-state index contributed by atoms with van der Waals surface area (Å²) in [4.78, 5) is 10.8. The van der Waals surface area contributed by atoms with E-state index in [1.807, 2.05) is 31.2 Å². The molecule has 1 rings (SSSR count). The van der Waals surface area contributed by atoms with E-state index in [4.69, 9.17) is 9.47 Å². The van der Waals surface area contributed by atoms with Crippen LogP contribution in [0, 0.1) is 0 Å². The van der Waals surface area contributed by atoms with Gasteiger partial charge in [0.1, 0.15) is 11.9 Å². The van der Waals surface area contributed by atoms with Crippen LogP contribution in [0.25, 0.3) is 0 Å². The van der Waals surface area contributed by atoms with Gasteiger partial charge >= 0.3 is 0 Å². The molecular formula is C11H14O3. The van der Waals surface area contributed by atoms with Gasteiger partial charge in [0.15, 0.2) is 6.29 Å². The van der Waals surface area contributed by atoms with Crippen LogP contribution in [0.1, 0.15) is 18.6 Å². The number of para-hydroxylation sites is 1. The van der Waals surface area contributed by atoms with Crippen molar-refractivity contribution < 1.29 is 14.3 Å². The summed E-state index contributed by atoms with van der Waals surface area (Å²) in [5.41, 5.74) is 0.770. The Labute approximate surface area is 83.6 Å². The van der Waals surface area contributed by atoms with Gasteiger partial charge < -0.3 is 14.3 Å². The molecule has 76 valence electrons. The molecule has 0 aliphatic carbocycles. The maximum Gasteiger partial charge on any atom is 0.153 e. The molecule has 14 heavy (non-hydrogen) atoms. The highest BCUT2D eigenvalue weighted by molar-refractivity contribution is 5.62. The molecule has 1 aromatic carbocycles. The summed E-state index contributed by atoms with van der Waals surface area (Å²) in [6.07, 6.45) is 0.248. The van der Waals surface area contributed by atoms with Crippen LogP contribution in [0.15, 0.2) is 24.3 Å². The van der Waals surface area contributed by atoms with Crippen LogP contribution < -0.4 is 4.74 Å². The zero-order valence-corrected chi connectivity index (χ0v) is 8.40. The minimum atomic E-state index is -0.531. The van der Waals surface area contributed by atoms with E-state index >= 15 is 0 Å². The average molecular weight is 194 g/mol. The first kappa shape index (κ1) is 10.7. The largest absolute Gasteiger partial charge is 0.496 e. The summed E-state index contributed by atoms with van der Waals surface area (Å²) in [7, 11) is 1.58. The molecule has 0 radical (unpaired) electrons. The van der Waals surface area contributed by atoms with Crippen molar-refractivity contribution in [1.29, 1.82) is 0 Å². The number of hydrogen-bond donors (Lipinski definition) is 0. The Kier molecular flexibility index (Phi) is 4.13. The zero-order valence-electron chi connectivity index (χ0n) is 8.40. The Morgan fingerprint density at radius 1 is 1.43 bits per heavy atom. The number of hydrogen-bond acceptors (Lipinski definition) is 3. The van der Waals surface area contributed by atoms with E-state index in [0.29, 0.717) is 12.4 Å². The van der Waals surface area contributed by atoms with Crippen molar-refractivity contribution in [3.05, 3.63) is 29.8 Å². The fourth-order valence-corrected chi connectivity index (χ4v) is 1.28. The molecule has 0 spiro atoms.